The number of hydrogen-bond donors (Lipinski definition) is 1. The molecule has 0 aliphatic carbocycles. The number of thiophene rings is 2. The lowest BCUT2D eigenvalue weighted by Gasteiger charge is -2.11. The van der Waals surface area contributed by atoms with E-state index in [1.54, 1.807) is 23.5 Å². The molecule has 28 heavy (non-hydrogen) atoms. The number of carbonyl (C=O) groups excluding carboxylic acids is 4. The first-order chi connectivity index (χ1) is 13.2. The SMILES string of the molecule is CC(=O)NCc1ccc(C(=O)C(C)OC(=O)CCC(=O)c2cc(C)sc2C)s1. The van der Waals surface area contributed by atoms with Crippen LogP contribution in [0.25, 0.3) is 0 Å². The Morgan fingerprint density at radius 3 is 2.43 bits per heavy atom. The van der Waals surface area contributed by atoms with Crippen molar-refractivity contribution < 1.29 is 23.9 Å². The van der Waals surface area contributed by atoms with Crippen molar-refractivity contribution in [3.8, 4) is 0 Å². The number of esters is 1. The Hall–Kier alpha value is -2.32. The first-order valence-electron chi connectivity index (χ1n) is 8.84. The van der Waals surface area contributed by atoms with E-state index in [0.29, 0.717) is 17.0 Å². The molecular weight excluding hydrogens is 398 g/mol. The third kappa shape index (κ3) is 6.10. The standard InChI is InChI=1S/C20H23NO5S2/c1-11-9-16(13(3)27-11)17(23)6-8-19(24)26-12(2)20(25)18-7-5-15(28-18)10-21-14(4)22/h5,7,9,12H,6,8,10H2,1-4H3,(H,21,22). The normalized spacial score (nSPS) is 11.7. The van der Waals surface area contributed by atoms with Crippen LogP contribution in [0.1, 0.15) is 61.4 Å². The highest BCUT2D eigenvalue weighted by molar-refractivity contribution is 7.14. The molecule has 0 saturated carbocycles. The van der Waals surface area contributed by atoms with E-state index in [1.807, 2.05) is 19.9 Å². The van der Waals surface area contributed by atoms with E-state index in [1.165, 1.54) is 25.2 Å². The van der Waals surface area contributed by atoms with E-state index in [4.69, 9.17) is 4.74 Å². The fourth-order valence-corrected chi connectivity index (χ4v) is 4.49. The average molecular weight is 422 g/mol. The lowest BCUT2D eigenvalue weighted by atomic mass is 10.1. The monoisotopic (exact) mass is 421 g/mol. The number of Topliss-reactive ketones (excluding diaryl/α,β-unsaturated/α-hetero) is 2. The van der Waals surface area contributed by atoms with Crippen LogP contribution in [0, 0.1) is 13.8 Å². The number of aryl methyl sites for hydroxylation is 2. The summed E-state index contributed by atoms with van der Waals surface area (Å²) in [4.78, 5) is 50.9. The van der Waals surface area contributed by atoms with Crippen LogP contribution >= 0.6 is 22.7 Å². The summed E-state index contributed by atoms with van der Waals surface area (Å²) in [5, 5.41) is 2.67. The van der Waals surface area contributed by atoms with Crippen molar-refractivity contribution >= 4 is 46.1 Å². The van der Waals surface area contributed by atoms with Crippen molar-refractivity contribution in [2.24, 2.45) is 0 Å². The Kier molecular flexibility index (Phi) is 7.65. The van der Waals surface area contributed by atoms with Gasteiger partial charge in [-0.3, -0.25) is 19.2 Å². The highest BCUT2D eigenvalue weighted by atomic mass is 32.1. The summed E-state index contributed by atoms with van der Waals surface area (Å²) in [6, 6.07) is 5.24. The maximum absolute atomic E-state index is 12.4. The van der Waals surface area contributed by atoms with Crippen molar-refractivity contribution in [2.45, 2.75) is 53.2 Å². The Balaban J connectivity index is 1.84. The van der Waals surface area contributed by atoms with Crippen molar-refractivity contribution in [3.63, 3.8) is 0 Å². The topological polar surface area (TPSA) is 89.5 Å². The van der Waals surface area contributed by atoms with Gasteiger partial charge in [0.05, 0.1) is 17.8 Å². The van der Waals surface area contributed by atoms with E-state index in [9.17, 15) is 19.2 Å². The van der Waals surface area contributed by atoms with Gasteiger partial charge in [0, 0.05) is 33.5 Å². The Morgan fingerprint density at radius 1 is 1.11 bits per heavy atom. The van der Waals surface area contributed by atoms with Crippen LogP contribution in [0.4, 0.5) is 0 Å². The van der Waals surface area contributed by atoms with Gasteiger partial charge in [-0.2, -0.15) is 0 Å². The van der Waals surface area contributed by atoms with E-state index in [2.05, 4.69) is 5.32 Å². The van der Waals surface area contributed by atoms with Crippen molar-refractivity contribution in [3.05, 3.63) is 43.3 Å². The van der Waals surface area contributed by atoms with Gasteiger partial charge >= 0.3 is 5.97 Å². The van der Waals surface area contributed by atoms with E-state index in [0.717, 1.165) is 14.6 Å². The smallest absolute Gasteiger partial charge is 0.306 e. The van der Waals surface area contributed by atoms with Crippen molar-refractivity contribution in [1.82, 2.24) is 5.32 Å². The number of carbonyl (C=O) groups is 4. The van der Waals surface area contributed by atoms with Crippen LogP contribution in [0.15, 0.2) is 18.2 Å². The lowest BCUT2D eigenvalue weighted by Crippen LogP contribution is -2.24. The summed E-state index contributed by atoms with van der Waals surface area (Å²) in [5.74, 6) is -1.12. The molecule has 0 aliphatic rings. The highest BCUT2D eigenvalue weighted by Gasteiger charge is 2.22. The quantitative estimate of drug-likeness (QED) is 0.491. The fourth-order valence-electron chi connectivity index (χ4n) is 2.58. The molecule has 0 radical (unpaired) electrons. The Morgan fingerprint density at radius 2 is 1.82 bits per heavy atom. The molecular formula is C20H23NO5S2. The van der Waals surface area contributed by atoms with Crippen molar-refractivity contribution in [2.75, 3.05) is 0 Å². The summed E-state index contributed by atoms with van der Waals surface area (Å²) < 4.78 is 5.19. The number of nitrogens with one attached hydrogen (secondary N) is 1. The minimum absolute atomic E-state index is 0.0522. The Bertz CT molecular complexity index is 896. The molecule has 1 atom stereocenters. The molecule has 6 nitrogen and oxygen atoms in total. The van der Waals surface area contributed by atoms with Gasteiger partial charge in [0.1, 0.15) is 0 Å². The molecule has 8 heteroatoms. The maximum Gasteiger partial charge on any atom is 0.306 e. The van der Waals surface area contributed by atoms with Crippen molar-refractivity contribution in [1.29, 1.82) is 0 Å². The Labute approximate surface area is 171 Å². The summed E-state index contributed by atoms with van der Waals surface area (Å²) in [6.07, 6.45) is -0.945. The van der Waals surface area contributed by atoms with Gasteiger partial charge in [-0.15, -0.1) is 22.7 Å². The van der Waals surface area contributed by atoms with E-state index >= 15 is 0 Å². The van der Waals surface area contributed by atoms with Crippen LogP contribution in [0.3, 0.4) is 0 Å². The highest BCUT2D eigenvalue weighted by Crippen LogP contribution is 2.23. The lowest BCUT2D eigenvalue weighted by molar-refractivity contribution is -0.146. The minimum atomic E-state index is -0.931. The number of hydrogen-bond acceptors (Lipinski definition) is 7. The molecule has 2 rings (SSSR count). The summed E-state index contributed by atoms with van der Waals surface area (Å²) >= 11 is 2.80. The van der Waals surface area contributed by atoms with Gasteiger partial charge in [0.2, 0.25) is 11.7 Å². The molecule has 0 aliphatic heterocycles. The molecule has 0 saturated heterocycles. The first kappa shape index (κ1) is 22.0. The fraction of sp³-hybridized carbons (Fsp3) is 0.400. The summed E-state index contributed by atoms with van der Waals surface area (Å²) in [6.45, 7) is 7.10. The van der Waals surface area contributed by atoms with Gasteiger partial charge in [0.15, 0.2) is 11.9 Å². The van der Waals surface area contributed by atoms with Gasteiger partial charge in [-0.1, -0.05) is 0 Å². The zero-order valence-corrected chi connectivity index (χ0v) is 17.9. The average Bonchev–Trinajstić information content (AvgIpc) is 3.23. The third-order valence-electron chi connectivity index (χ3n) is 3.99. The third-order valence-corrected chi connectivity index (χ3v) is 6.06. The zero-order chi connectivity index (χ0) is 20.8. The number of ether oxygens (including phenoxy) is 1. The summed E-state index contributed by atoms with van der Waals surface area (Å²) in [7, 11) is 0. The molecule has 1 amide bonds. The second kappa shape index (κ2) is 9.75. The molecule has 2 aromatic rings. The van der Waals surface area contributed by atoms with Gasteiger partial charge in [-0.05, 0) is 39.0 Å². The minimum Gasteiger partial charge on any atom is -0.454 e. The number of amides is 1. The zero-order valence-electron chi connectivity index (χ0n) is 16.3. The first-order valence-corrected chi connectivity index (χ1v) is 10.5. The largest absolute Gasteiger partial charge is 0.454 e. The molecule has 150 valence electrons. The van der Waals surface area contributed by atoms with Crippen LogP contribution in [0.2, 0.25) is 0 Å². The maximum atomic E-state index is 12.4. The molecule has 0 spiro atoms. The second-order valence-electron chi connectivity index (χ2n) is 6.42. The molecule has 0 aromatic carbocycles. The van der Waals surface area contributed by atoms with Gasteiger partial charge in [-0.25, -0.2) is 0 Å². The predicted molar refractivity (Wildman–Crippen MR) is 109 cm³/mol. The molecule has 0 bridgehead atoms. The van der Waals surface area contributed by atoms with Crippen LogP contribution in [0.5, 0.6) is 0 Å². The molecule has 0 fully saturated rings. The molecule has 1 unspecified atom stereocenters. The molecule has 1 N–H and O–H groups in total. The van der Waals surface area contributed by atoms with E-state index < -0.39 is 12.1 Å². The van der Waals surface area contributed by atoms with Gasteiger partial charge in [0.25, 0.3) is 0 Å². The molecule has 2 aromatic heterocycles. The van der Waals surface area contributed by atoms with Crippen LogP contribution in [-0.4, -0.2) is 29.5 Å². The number of rotatable bonds is 9. The van der Waals surface area contributed by atoms with Gasteiger partial charge < -0.3 is 10.1 Å². The number of ketones is 2. The second-order valence-corrected chi connectivity index (χ2v) is 9.05. The predicted octanol–water partition coefficient (Wildman–Crippen LogP) is 3.84. The van der Waals surface area contributed by atoms with Crippen LogP contribution in [-0.2, 0) is 20.9 Å². The van der Waals surface area contributed by atoms with Crippen LogP contribution < -0.4 is 5.32 Å². The van der Waals surface area contributed by atoms with E-state index in [-0.39, 0.29) is 30.3 Å². The summed E-state index contributed by atoms with van der Waals surface area (Å²) in [5.41, 5.74) is 0.643. The molecule has 2 heterocycles.